The number of hydrogen-bond acceptors (Lipinski definition) is 6. The van der Waals surface area contributed by atoms with E-state index < -0.39 is 0 Å². The number of H-pyrrole nitrogens is 1. The van der Waals surface area contributed by atoms with E-state index in [9.17, 15) is 0 Å². The first-order valence-electron chi connectivity index (χ1n) is 4.50. The van der Waals surface area contributed by atoms with Gasteiger partial charge in [0, 0.05) is 13.0 Å². The van der Waals surface area contributed by atoms with E-state index in [1.807, 2.05) is 0 Å². The van der Waals surface area contributed by atoms with Crippen LogP contribution in [-0.4, -0.2) is 31.7 Å². The lowest BCUT2D eigenvalue weighted by Gasteiger charge is -2.03. The molecule has 78 valence electrons. The van der Waals surface area contributed by atoms with Crippen LogP contribution in [0.4, 0.5) is 11.6 Å². The van der Waals surface area contributed by atoms with Crippen molar-refractivity contribution in [3.05, 3.63) is 24.5 Å². The zero-order chi connectivity index (χ0) is 10.5. The van der Waals surface area contributed by atoms with Gasteiger partial charge in [-0.2, -0.15) is 5.10 Å². The summed E-state index contributed by atoms with van der Waals surface area (Å²) in [5.74, 6) is 1.90. The number of nitrogens with zero attached hydrogens (tertiary/aromatic N) is 4. The average Bonchev–Trinajstić information content (AvgIpc) is 2.71. The van der Waals surface area contributed by atoms with E-state index in [2.05, 4.69) is 30.5 Å². The number of hydrogen-bond donors (Lipinski definition) is 3. The molecule has 0 saturated carbocycles. The summed E-state index contributed by atoms with van der Waals surface area (Å²) in [4.78, 5) is 12.0. The van der Waals surface area contributed by atoms with Crippen LogP contribution in [0.1, 0.15) is 5.82 Å². The Morgan fingerprint density at radius 2 is 2.33 bits per heavy atom. The molecule has 2 aromatic rings. The Morgan fingerprint density at radius 3 is 3.07 bits per heavy atom. The number of anilines is 2. The van der Waals surface area contributed by atoms with Gasteiger partial charge >= 0.3 is 0 Å². The van der Waals surface area contributed by atoms with Crippen LogP contribution in [0.3, 0.4) is 0 Å². The number of rotatable bonds is 4. The second kappa shape index (κ2) is 4.36. The Labute approximate surface area is 86.2 Å². The molecular formula is C8H11N7. The smallest absolute Gasteiger partial charge is 0.146 e. The van der Waals surface area contributed by atoms with Crippen molar-refractivity contribution in [1.82, 2.24) is 25.1 Å². The highest BCUT2D eigenvalue weighted by molar-refractivity contribution is 5.38. The predicted octanol–water partition coefficient (Wildman–Crippen LogP) is -0.169. The van der Waals surface area contributed by atoms with Gasteiger partial charge in [-0.05, 0) is 0 Å². The van der Waals surface area contributed by atoms with Gasteiger partial charge in [-0.1, -0.05) is 0 Å². The van der Waals surface area contributed by atoms with E-state index in [1.54, 1.807) is 6.20 Å². The summed E-state index contributed by atoms with van der Waals surface area (Å²) in [7, 11) is 0. The molecule has 15 heavy (non-hydrogen) atoms. The minimum atomic E-state index is 0.402. The molecule has 0 radical (unpaired) electrons. The van der Waals surface area contributed by atoms with Crippen molar-refractivity contribution in [3.8, 4) is 0 Å². The summed E-state index contributed by atoms with van der Waals surface area (Å²) in [5, 5.41) is 9.61. The Hall–Kier alpha value is -2.18. The summed E-state index contributed by atoms with van der Waals surface area (Å²) in [5.41, 5.74) is 5.48. The molecule has 0 fully saturated rings. The number of nitrogens with one attached hydrogen (secondary N) is 2. The number of nitrogen functional groups attached to an aromatic ring is 1. The number of nitrogens with two attached hydrogens (primary N) is 1. The summed E-state index contributed by atoms with van der Waals surface area (Å²) < 4.78 is 0. The first-order valence-corrected chi connectivity index (χ1v) is 4.50. The molecule has 0 amide bonds. The van der Waals surface area contributed by atoms with Gasteiger partial charge in [0.05, 0.1) is 12.4 Å². The fraction of sp³-hybridized carbons (Fsp3) is 0.250. The Morgan fingerprint density at radius 1 is 1.40 bits per heavy atom. The zero-order valence-electron chi connectivity index (χ0n) is 8.01. The predicted molar refractivity (Wildman–Crippen MR) is 55.0 cm³/mol. The highest BCUT2D eigenvalue weighted by atomic mass is 15.2. The standard InChI is InChI=1S/C8H11N7/c9-6-3-10-4-8(14-6)11-2-1-7-12-5-13-15-7/h3-5H,1-2H2,(H3,9,11,14)(H,12,13,15). The maximum atomic E-state index is 5.48. The van der Waals surface area contributed by atoms with Gasteiger partial charge in [0.15, 0.2) is 0 Å². The van der Waals surface area contributed by atoms with Crippen molar-refractivity contribution in [1.29, 1.82) is 0 Å². The van der Waals surface area contributed by atoms with Crippen LogP contribution in [0, 0.1) is 0 Å². The Balaban J connectivity index is 1.83. The molecule has 0 aliphatic rings. The van der Waals surface area contributed by atoms with Crippen molar-refractivity contribution in [2.45, 2.75) is 6.42 Å². The van der Waals surface area contributed by atoms with Gasteiger partial charge in [0.1, 0.15) is 23.8 Å². The minimum absolute atomic E-state index is 0.402. The van der Waals surface area contributed by atoms with Gasteiger partial charge in [-0.3, -0.25) is 10.1 Å². The fourth-order valence-electron chi connectivity index (χ4n) is 1.13. The molecule has 4 N–H and O–H groups in total. The van der Waals surface area contributed by atoms with Crippen LogP contribution in [0.5, 0.6) is 0 Å². The van der Waals surface area contributed by atoms with Crippen LogP contribution in [0.15, 0.2) is 18.7 Å². The molecule has 0 saturated heterocycles. The lowest BCUT2D eigenvalue weighted by atomic mass is 10.4. The Bertz CT molecular complexity index is 411. The first-order chi connectivity index (χ1) is 7.34. The van der Waals surface area contributed by atoms with Crippen molar-refractivity contribution < 1.29 is 0 Å². The molecule has 7 heteroatoms. The average molecular weight is 205 g/mol. The van der Waals surface area contributed by atoms with Crippen molar-refractivity contribution in [2.24, 2.45) is 0 Å². The normalized spacial score (nSPS) is 10.1. The van der Waals surface area contributed by atoms with Gasteiger partial charge < -0.3 is 11.1 Å². The van der Waals surface area contributed by atoms with Gasteiger partial charge in [-0.25, -0.2) is 9.97 Å². The molecule has 0 bridgehead atoms. The van der Waals surface area contributed by atoms with E-state index in [4.69, 9.17) is 5.73 Å². The first kappa shape index (κ1) is 9.38. The summed E-state index contributed by atoms with van der Waals surface area (Å²) in [6.07, 6.45) is 5.35. The van der Waals surface area contributed by atoms with E-state index in [0.717, 1.165) is 12.2 Å². The van der Waals surface area contributed by atoms with Crippen LogP contribution in [0.2, 0.25) is 0 Å². The third kappa shape index (κ3) is 2.63. The molecular weight excluding hydrogens is 194 g/mol. The summed E-state index contributed by atoms with van der Waals surface area (Å²) in [6, 6.07) is 0. The van der Waals surface area contributed by atoms with E-state index >= 15 is 0 Å². The van der Waals surface area contributed by atoms with Crippen molar-refractivity contribution >= 4 is 11.6 Å². The molecule has 0 spiro atoms. The topological polar surface area (TPSA) is 105 Å². The molecule has 2 aromatic heterocycles. The summed E-state index contributed by atoms with van der Waals surface area (Å²) >= 11 is 0. The monoisotopic (exact) mass is 205 g/mol. The summed E-state index contributed by atoms with van der Waals surface area (Å²) in [6.45, 7) is 0.702. The second-order valence-electron chi connectivity index (χ2n) is 2.94. The Kier molecular flexibility index (Phi) is 2.72. The molecule has 0 unspecified atom stereocenters. The molecule has 0 aliphatic carbocycles. The van der Waals surface area contributed by atoms with E-state index in [-0.39, 0.29) is 0 Å². The largest absolute Gasteiger partial charge is 0.382 e. The van der Waals surface area contributed by atoms with Gasteiger partial charge in [0.25, 0.3) is 0 Å². The number of aromatic amines is 1. The maximum absolute atomic E-state index is 5.48. The van der Waals surface area contributed by atoms with Crippen LogP contribution < -0.4 is 11.1 Å². The number of aromatic nitrogens is 5. The van der Waals surface area contributed by atoms with Gasteiger partial charge in [0.2, 0.25) is 0 Å². The highest BCUT2D eigenvalue weighted by Gasteiger charge is 1.97. The van der Waals surface area contributed by atoms with Crippen molar-refractivity contribution in [3.63, 3.8) is 0 Å². The van der Waals surface area contributed by atoms with Crippen LogP contribution in [0.25, 0.3) is 0 Å². The molecule has 2 rings (SSSR count). The van der Waals surface area contributed by atoms with Gasteiger partial charge in [-0.15, -0.1) is 0 Å². The highest BCUT2D eigenvalue weighted by Crippen LogP contribution is 2.02. The quantitative estimate of drug-likeness (QED) is 0.640. The second-order valence-corrected chi connectivity index (χ2v) is 2.94. The third-order valence-electron chi connectivity index (χ3n) is 1.79. The lowest BCUT2D eigenvalue weighted by Crippen LogP contribution is -2.08. The minimum Gasteiger partial charge on any atom is -0.382 e. The molecule has 0 atom stereocenters. The molecule has 7 nitrogen and oxygen atoms in total. The van der Waals surface area contributed by atoms with E-state index in [1.165, 1.54) is 12.5 Å². The van der Waals surface area contributed by atoms with Crippen molar-refractivity contribution in [2.75, 3.05) is 17.6 Å². The SMILES string of the molecule is Nc1cncc(NCCc2ncn[nH]2)n1. The maximum Gasteiger partial charge on any atom is 0.146 e. The fourth-order valence-corrected chi connectivity index (χ4v) is 1.13. The van der Waals surface area contributed by atoms with Crippen LogP contribution in [-0.2, 0) is 6.42 Å². The van der Waals surface area contributed by atoms with Crippen LogP contribution >= 0.6 is 0 Å². The third-order valence-corrected chi connectivity index (χ3v) is 1.79. The van der Waals surface area contributed by atoms with E-state index in [0.29, 0.717) is 18.2 Å². The zero-order valence-corrected chi connectivity index (χ0v) is 8.01. The molecule has 0 aromatic carbocycles. The molecule has 2 heterocycles. The molecule has 0 aliphatic heterocycles. The lowest BCUT2D eigenvalue weighted by molar-refractivity contribution is 0.896.